The van der Waals surface area contributed by atoms with Crippen molar-refractivity contribution in [3.63, 3.8) is 0 Å². The number of ether oxygens (including phenoxy) is 1. The Hall–Kier alpha value is -0.400. The van der Waals surface area contributed by atoms with Crippen LogP contribution < -0.4 is 11.1 Å². The van der Waals surface area contributed by atoms with Crippen LogP contribution in [0.15, 0.2) is 0 Å². The van der Waals surface area contributed by atoms with Gasteiger partial charge in [0.2, 0.25) is 0 Å². The minimum Gasteiger partial charge on any atom is -0.378 e. The van der Waals surface area contributed by atoms with E-state index in [9.17, 15) is 17.6 Å². The molecule has 0 spiro atoms. The molecule has 0 amide bonds. The molecule has 114 valence electrons. The standard InChI is InChI=1S/C12H22F4N2O/c1-4-19-8-5-11(17,10(8,2)3)6-18-7-12(15,16)9(13)14/h8-9,18H,4-7,17H2,1-3H3. The lowest BCUT2D eigenvalue weighted by molar-refractivity contribution is -0.153. The highest BCUT2D eigenvalue weighted by molar-refractivity contribution is 5.14. The van der Waals surface area contributed by atoms with E-state index in [-0.39, 0.29) is 18.1 Å². The van der Waals surface area contributed by atoms with E-state index >= 15 is 0 Å². The molecule has 3 N–H and O–H groups in total. The molecular weight excluding hydrogens is 264 g/mol. The molecule has 0 bridgehead atoms. The quantitative estimate of drug-likeness (QED) is 0.704. The Kier molecular flexibility index (Phi) is 4.85. The van der Waals surface area contributed by atoms with Gasteiger partial charge in [-0.15, -0.1) is 0 Å². The average molecular weight is 286 g/mol. The van der Waals surface area contributed by atoms with Crippen molar-refractivity contribution in [2.24, 2.45) is 11.1 Å². The molecule has 0 heterocycles. The van der Waals surface area contributed by atoms with Crippen LogP contribution in [0.4, 0.5) is 17.6 Å². The van der Waals surface area contributed by atoms with E-state index in [1.807, 2.05) is 20.8 Å². The van der Waals surface area contributed by atoms with E-state index in [1.165, 1.54) is 0 Å². The topological polar surface area (TPSA) is 47.3 Å². The van der Waals surface area contributed by atoms with Gasteiger partial charge in [0.25, 0.3) is 0 Å². The number of nitrogens with one attached hydrogen (secondary N) is 1. The second-order valence-corrected chi connectivity index (χ2v) is 5.69. The number of alkyl halides is 4. The van der Waals surface area contributed by atoms with Crippen LogP contribution in [0.3, 0.4) is 0 Å². The van der Waals surface area contributed by atoms with Gasteiger partial charge < -0.3 is 15.8 Å². The number of rotatable bonds is 7. The van der Waals surface area contributed by atoms with Gasteiger partial charge in [-0.3, -0.25) is 0 Å². The molecule has 0 saturated heterocycles. The fourth-order valence-electron chi connectivity index (χ4n) is 2.34. The molecule has 1 aliphatic rings. The summed E-state index contributed by atoms with van der Waals surface area (Å²) in [5.74, 6) is -4.02. The lowest BCUT2D eigenvalue weighted by atomic mass is 9.54. The third kappa shape index (κ3) is 3.20. The summed E-state index contributed by atoms with van der Waals surface area (Å²) in [6, 6.07) is 0. The molecular formula is C12H22F4N2O. The zero-order valence-corrected chi connectivity index (χ0v) is 11.5. The highest BCUT2D eigenvalue weighted by Crippen LogP contribution is 2.49. The van der Waals surface area contributed by atoms with Gasteiger partial charge in [0, 0.05) is 24.1 Å². The number of hydrogen-bond donors (Lipinski definition) is 2. The van der Waals surface area contributed by atoms with Crippen LogP contribution in [0.25, 0.3) is 0 Å². The van der Waals surface area contributed by atoms with E-state index in [0.29, 0.717) is 13.0 Å². The summed E-state index contributed by atoms with van der Waals surface area (Å²) in [5.41, 5.74) is 5.04. The van der Waals surface area contributed by atoms with Crippen molar-refractivity contribution in [3.05, 3.63) is 0 Å². The summed E-state index contributed by atoms with van der Waals surface area (Å²) in [4.78, 5) is 0. The molecule has 2 unspecified atom stereocenters. The van der Waals surface area contributed by atoms with E-state index < -0.39 is 24.4 Å². The fraction of sp³-hybridized carbons (Fsp3) is 1.00. The van der Waals surface area contributed by atoms with Gasteiger partial charge in [-0.25, -0.2) is 8.78 Å². The minimum absolute atomic E-state index is 0.0279. The molecule has 0 aliphatic heterocycles. The zero-order valence-electron chi connectivity index (χ0n) is 11.5. The van der Waals surface area contributed by atoms with Crippen molar-refractivity contribution in [2.45, 2.75) is 51.2 Å². The van der Waals surface area contributed by atoms with Crippen LogP contribution in [-0.4, -0.2) is 43.7 Å². The Morgan fingerprint density at radius 3 is 2.42 bits per heavy atom. The van der Waals surface area contributed by atoms with Crippen molar-refractivity contribution in [2.75, 3.05) is 19.7 Å². The maximum Gasteiger partial charge on any atom is 0.319 e. The monoisotopic (exact) mass is 286 g/mol. The molecule has 19 heavy (non-hydrogen) atoms. The first-order chi connectivity index (χ1) is 8.57. The molecule has 0 aromatic carbocycles. The first-order valence-corrected chi connectivity index (χ1v) is 6.34. The first-order valence-electron chi connectivity index (χ1n) is 6.34. The van der Waals surface area contributed by atoms with E-state index in [1.54, 1.807) is 0 Å². The normalized spacial score (nSPS) is 30.5. The van der Waals surface area contributed by atoms with Crippen LogP contribution >= 0.6 is 0 Å². The Balaban J connectivity index is 2.46. The van der Waals surface area contributed by atoms with Crippen LogP contribution in [0, 0.1) is 5.41 Å². The molecule has 0 radical (unpaired) electrons. The molecule has 1 aliphatic carbocycles. The van der Waals surface area contributed by atoms with Gasteiger partial charge in [0.15, 0.2) is 0 Å². The highest BCUT2D eigenvalue weighted by Gasteiger charge is 2.58. The molecule has 2 atom stereocenters. The molecule has 7 heteroatoms. The van der Waals surface area contributed by atoms with Gasteiger partial charge in [0.1, 0.15) is 0 Å². The predicted octanol–water partition coefficient (Wildman–Crippen LogP) is 2.01. The third-order valence-corrected chi connectivity index (χ3v) is 4.13. The largest absolute Gasteiger partial charge is 0.378 e. The molecule has 1 rings (SSSR count). The summed E-state index contributed by atoms with van der Waals surface area (Å²) in [7, 11) is 0. The van der Waals surface area contributed by atoms with Crippen molar-refractivity contribution in [1.29, 1.82) is 0 Å². The van der Waals surface area contributed by atoms with E-state index in [0.717, 1.165) is 0 Å². The first kappa shape index (κ1) is 16.7. The average Bonchev–Trinajstić information content (AvgIpc) is 2.28. The van der Waals surface area contributed by atoms with Crippen LogP contribution in [0.5, 0.6) is 0 Å². The molecule has 0 aromatic heterocycles. The SMILES string of the molecule is CCOC1CC(N)(CNCC(F)(F)C(F)F)C1(C)C. The Morgan fingerprint density at radius 1 is 1.42 bits per heavy atom. The van der Waals surface area contributed by atoms with Crippen molar-refractivity contribution in [3.8, 4) is 0 Å². The fourth-order valence-corrected chi connectivity index (χ4v) is 2.34. The maximum atomic E-state index is 12.8. The van der Waals surface area contributed by atoms with Crippen molar-refractivity contribution >= 4 is 0 Å². The summed E-state index contributed by atoms with van der Waals surface area (Å²) in [6.07, 6.45) is -3.17. The smallest absolute Gasteiger partial charge is 0.319 e. The molecule has 1 saturated carbocycles. The minimum atomic E-state index is -4.02. The molecule has 3 nitrogen and oxygen atoms in total. The lowest BCUT2D eigenvalue weighted by Crippen LogP contribution is -2.73. The summed E-state index contributed by atoms with van der Waals surface area (Å²) in [6.45, 7) is 5.20. The second kappa shape index (κ2) is 5.54. The van der Waals surface area contributed by atoms with E-state index in [2.05, 4.69) is 5.32 Å². The highest BCUT2D eigenvalue weighted by atomic mass is 19.3. The molecule has 1 fully saturated rings. The Labute approximate surface area is 110 Å². The maximum absolute atomic E-state index is 12.8. The molecule has 0 aromatic rings. The van der Waals surface area contributed by atoms with Gasteiger partial charge in [-0.1, -0.05) is 13.8 Å². The van der Waals surface area contributed by atoms with Crippen LogP contribution in [0.2, 0.25) is 0 Å². The van der Waals surface area contributed by atoms with E-state index in [4.69, 9.17) is 10.5 Å². The third-order valence-electron chi connectivity index (χ3n) is 4.13. The van der Waals surface area contributed by atoms with Crippen LogP contribution in [-0.2, 0) is 4.74 Å². The predicted molar refractivity (Wildman–Crippen MR) is 64.6 cm³/mol. The number of halogens is 4. The van der Waals surface area contributed by atoms with Gasteiger partial charge in [-0.2, -0.15) is 8.78 Å². The zero-order chi connectivity index (χ0) is 14.9. The Morgan fingerprint density at radius 2 is 2.00 bits per heavy atom. The summed E-state index contributed by atoms with van der Waals surface area (Å²) >= 11 is 0. The van der Waals surface area contributed by atoms with Gasteiger partial charge in [-0.05, 0) is 13.3 Å². The van der Waals surface area contributed by atoms with Crippen LogP contribution in [0.1, 0.15) is 27.2 Å². The number of nitrogens with two attached hydrogens (primary N) is 1. The van der Waals surface area contributed by atoms with Gasteiger partial charge >= 0.3 is 12.3 Å². The van der Waals surface area contributed by atoms with Gasteiger partial charge in [0.05, 0.1) is 12.6 Å². The summed E-state index contributed by atoms with van der Waals surface area (Å²) in [5, 5.41) is 2.36. The Bertz CT molecular complexity index is 312. The number of hydrogen-bond acceptors (Lipinski definition) is 3. The summed E-state index contributed by atoms with van der Waals surface area (Å²) < 4.78 is 55.0. The van der Waals surface area contributed by atoms with Crippen molar-refractivity contribution in [1.82, 2.24) is 5.32 Å². The van der Waals surface area contributed by atoms with Crippen molar-refractivity contribution < 1.29 is 22.3 Å². The lowest BCUT2D eigenvalue weighted by Gasteiger charge is -2.59. The second-order valence-electron chi connectivity index (χ2n) is 5.69.